The van der Waals surface area contributed by atoms with E-state index in [1.807, 2.05) is 0 Å². The molecule has 2 aliphatic heterocycles. The topological polar surface area (TPSA) is 127 Å². The van der Waals surface area contributed by atoms with Crippen molar-refractivity contribution in [3.05, 3.63) is 55.7 Å². The summed E-state index contributed by atoms with van der Waals surface area (Å²) in [6, 6.07) is 4.01. The minimum atomic E-state index is -3.66. The van der Waals surface area contributed by atoms with Gasteiger partial charge in [-0.1, -0.05) is 26.0 Å². The lowest BCUT2D eigenvalue weighted by Gasteiger charge is -2.38. The van der Waals surface area contributed by atoms with Gasteiger partial charge in [0.05, 0.1) is 21.5 Å². The van der Waals surface area contributed by atoms with E-state index in [4.69, 9.17) is 0 Å². The minimum absolute atomic E-state index is 0.0492. The highest BCUT2D eigenvalue weighted by Crippen LogP contribution is 2.52. The molecule has 28 heavy (non-hydrogen) atoms. The number of nitrogens with zero attached hydrogens (tertiary/aromatic N) is 1. The molecule has 2 heterocycles. The third-order valence-corrected chi connectivity index (χ3v) is 7.74. The first kappa shape index (κ1) is 18.7. The largest absolute Gasteiger partial charge is 0.502 e. The number of ketones is 1. The number of nitro benzene ring substituents is 1. The van der Waals surface area contributed by atoms with Crippen LogP contribution in [0.5, 0.6) is 5.75 Å². The second kappa shape index (κ2) is 5.91. The maximum atomic E-state index is 13.3. The number of allylic oxidation sites excluding steroid dienone is 4. The van der Waals surface area contributed by atoms with E-state index < -0.39 is 37.5 Å². The number of carbonyl (C=O) groups excluding carboxylic acids is 1. The molecule has 3 aliphatic rings. The van der Waals surface area contributed by atoms with Crippen molar-refractivity contribution in [3.63, 3.8) is 0 Å². The van der Waals surface area contributed by atoms with E-state index in [2.05, 4.69) is 5.32 Å². The molecule has 0 fully saturated rings. The lowest BCUT2D eigenvalue weighted by atomic mass is 9.69. The number of nitro groups is 1. The fraction of sp³-hybridized carbons (Fsp3) is 0.421. The average molecular weight is 404 g/mol. The van der Waals surface area contributed by atoms with Gasteiger partial charge in [-0.05, 0) is 12.8 Å². The Morgan fingerprint density at radius 2 is 1.96 bits per heavy atom. The summed E-state index contributed by atoms with van der Waals surface area (Å²) in [4.78, 5) is 23.9. The maximum absolute atomic E-state index is 13.3. The van der Waals surface area contributed by atoms with Crippen molar-refractivity contribution >= 4 is 21.3 Å². The number of nitrogens with one attached hydrogen (secondary N) is 1. The number of hydrogen-bond donors (Lipinski definition) is 2. The second-order valence-corrected chi connectivity index (χ2v) is 10.1. The molecule has 148 valence electrons. The Bertz CT molecular complexity index is 1100. The van der Waals surface area contributed by atoms with Gasteiger partial charge in [-0.2, -0.15) is 0 Å². The number of hydrogen-bond acceptors (Lipinski definition) is 7. The standard InChI is InChI=1S/C19H20N2O6S/c1-19(2)8-6-11-15(18(19)23)14(17-12(20-11)7-9-28(17,26)27)10-4-3-5-13(16(10)22)21(24)25/h3-5,14,20,22H,6-9H2,1-2H3. The zero-order chi connectivity index (χ0) is 20.4. The number of Topliss-reactive ketones (excluding diaryl/α,β-unsaturated/α-hetero) is 1. The first-order valence-electron chi connectivity index (χ1n) is 9.01. The molecule has 1 aliphatic carbocycles. The molecule has 0 aromatic heterocycles. The Morgan fingerprint density at radius 1 is 1.25 bits per heavy atom. The van der Waals surface area contributed by atoms with Gasteiger partial charge in [0.2, 0.25) is 0 Å². The average Bonchev–Trinajstić information content (AvgIpc) is 2.92. The smallest absolute Gasteiger partial charge is 0.311 e. The molecule has 0 spiro atoms. The van der Waals surface area contributed by atoms with Gasteiger partial charge in [0.1, 0.15) is 0 Å². The minimum Gasteiger partial charge on any atom is -0.502 e. The van der Waals surface area contributed by atoms with E-state index in [9.17, 15) is 28.4 Å². The van der Waals surface area contributed by atoms with Crippen LogP contribution < -0.4 is 5.32 Å². The number of rotatable bonds is 2. The molecule has 1 unspecified atom stereocenters. The maximum Gasteiger partial charge on any atom is 0.311 e. The highest BCUT2D eigenvalue weighted by Gasteiger charge is 2.49. The highest BCUT2D eigenvalue weighted by molar-refractivity contribution is 7.95. The molecule has 4 rings (SSSR count). The van der Waals surface area contributed by atoms with Crippen LogP contribution in [0.2, 0.25) is 0 Å². The second-order valence-electron chi connectivity index (χ2n) is 8.05. The zero-order valence-electron chi connectivity index (χ0n) is 15.5. The molecule has 0 saturated carbocycles. The molecular formula is C19H20N2O6S. The SMILES string of the molecule is CC1(C)CCC2=C(C1=O)C(c1cccc([N+](=O)[O-])c1O)C1=C(CCS1(=O)=O)N2. The van der Waals surface area contributed by atoms with Gasteiger partial charge in [0.25, 0.3) is 0 Å². The van der Waals surface area contributed by atoms with E-state index in [1.54, 1.807) is 13.8 Å². The van der Waals surface area contributed by atoms with Crippen LogP contribution in [0, 0.1) is 15.5 Å². The van der Waals surface area contributed by atoms with Gasteiger partial charge >= 0.3 is 5.69 Å². The quantitative estimate of drug-likeness (QED) is 0.573. The molecule has 1 atom stereocenters. The molecule has 1 aromatic carbocycles. The summed E-state index contributed by atoms with van der Waals surface area (Å²) >= 11 is 0. The summed E-state index contributed by atoms with van der Waals surface area (Å²) in [7, 11) is -3.66. The normalized spacial score (nSPS) is 25.2. The van der Waals surface area contributed by atoms with Crippen molar-refractivity contribution in [3.8, 4) is 5.75 Å². The molecule has 0 saturated heterocycles. The summed E-state index contributed by atoms with van der Waals surface area (Å²) in [5.74, 6) is -1.93. The Kier molecular flexibility index (Phi) is 3.94. The number of phenols is 1. The van der Waals surface area contributed by atoms with Gasteiger partial charge in [0, 0.05) is 40.4 Å². The van der Waals surface area contributed by atoms with E-state index in [-0.39, 0.29) is 34.0 Å². The predicted octanol–water partition coefficient (Wildman–Crippen LogP) is 2.66. The lowest BCUT2D eigenvalue weighted by molar-refractivity contribution is -0.385. The third kappa shape index (κ3) is 2.56. The van der Waals surface area contributed by atoms with Crippen LogP contribution >= 0.6 is 0 Å². The van der Waals surface area contributed by atoms with Crippen molar-refractivity contribution in [1.29, 1.82) is 0 Å². The summed E-state index contributed by atoms with van der Waals surface area (Å²) in [5.41, 5.74) is 0.329. The Hall–Kier alpha value is -2.68. The molecule has 8 nitrogen and oxygen atoms in total. The summed E-state index contributed by atoms with van der Waals surface area (Å²) < 4.78 is 25.6. The number of carbonyl (C=O) groups is 1. The molecule has 0 bridgehead atoms. The van der Waals surface area contributed by atoms with Gasteiger partial charge in [-0.15, -0.1) is 0 Å². The van der Waals surface area contributed by atoms with Crippen molar-refractivity contribution in [2.75, 3.05) is 5.75 Å². The summed E-state index contributed by atoms with van der Waals surface area (Å²) in [6.07, 6.45) is 1.47. The van der Waals surface area contributed by atoms with Crippen molar-refractivity contribution in [2.24, 2.45) is 5.41 Å². The monoisotopic (exact) mass is 404 g/mol. The van der Waals surface area contributed by atoms with Crippen LogP contribution in [0.3, 0.4) is 0 Å². The Morgan fingerprint density at radius 3 is 2.64 bits per heavy atom. The van der Waals surface area contributed by atoms with Gasteiger partial charge < -0.3 is 10.4 Å². The third-order valence-electron chi connectivity index (χ3n) is 5.84. The van der Waals surface area contributed by atoms with Crippen LogP contribution in [0.4, 0.5) is 5.69 Å². The van der Waals surface area contributed by atoms with Crippen LogP contribution in [0.25, 0.3) is 0 Å². The van der Waals surface area contributed by atoms with Crippen molar-refractivity contribution < 1.29 is 23.2 Å². The van der Waals surface area contributed by atoms with E-state index in [0.717, 1.165) is 6.07 Å². The zero-order valence-corrected chi connectivity index (χ0v) is 16.3. The van der Waals surface area contributed by atoms with Crippen molar-refractivity contribution in [1.82, 2.24) is 5.32 Å². The van der Waals surface area contributed by atoms with E-state index >= 15 is 0 Å². The first-order valence-corrected chi connectivity index (χ1v) is 10.7. The van der Waals surface area contributed by atoms with Gasteiger partial charge in [0.15, 0.2) is 21.4 Å². The number of phenolic OH excluding ortho intramolecular Hbond substituents is 1. The van der Waals surface area contributed by atoms with Gasteiger partial charge in [-0.3, -0.25) is 14.9 Å². The molecule has 9 heteroatoms. The van der Waals surface area contributed by atoms with Crippen LogP contribution in [0.1, 0.15) is 44.6 Å². The summed E-state index contributed by atoms with van der Waals surface area (Å²) in [5, 5.41) is 25.0. The molecule has 1 aromatic rings. The number of dihydropyridines is 1. The number of benzene rings is 1. The summed E-state index contributed by atoms with van der Waals surface area (Å²) in [6.45, 7) is 3.60. The molecule has 0 amide bonds. The lowest BCUT2D eigenvalue weighted by Crippen LogP contribution is -2.39. The molecular weight excluding hydrogens is 384 g/mol. The Balaban J connectivity index is 2.01. The van der Waals surface area contributed by atoms with Crippen LogP contribution in [-0.2, 0) is 14.6 Å². The number of para-hydroxylation sites is 1. The highest BCUT2D eigenvalue weighted by atomic mass is 32.2. The first-order chi connectivity index (χ1) is 13.0. The van der Waals surface area contributed by atoms with E-state index in [0.29, 0.717) is 24.2 Å². The molecule has 2 N–H and O–H groups in total. The number of aromatic hydroxyl groups is 1. The van der Waals surface area contributed by atoms with Crippen LogP contribution in [0.15, 0.2) is 40.1 Å². The molecule has 0 radical (unpaired) electrons. The predicted molar refractivity (Wildman–Crippen MR) is 101 cm³/mol. The van der Waals surface area contributed by atoms with E-state index in [1.165, 1.54) is 12.1 Å². The van der Waals surface area contributed by atoms with Crippen LogP contribution in [-0.4, -0.2) is 30.0 Å². The van der Waals surface area contributed by atoms with Gasteiger partial charge in [-0.25, -0.2) is 8.42 Å². The Labute approximate surface area is 162 Å². The fourth-order valence-corrected chi connectivity index (χ4v) is 6.12. The number of sulfone groups is 1. The van der Waals surface area contributed by atoms with Crippen molar-refractivity contribution in [2.45, 2.75) is 39.0 Å². The fourth-order valence-electron chi connectivity index (χ4n) is 4.30.